The Bertz CT molecular complexity index is 974. The van der Waals surface area contributed by atoms with Crippen LogP contribution in [0, 0.1) is 0 Å². The number of hydrogen-bond donors (Lipinski definition) is 2. The van der Waals surface area contributed by atoms with Crippen molar-refractivity contribution < 1.29 is 19.4 Å². The highest BCUT2D eigenvalue weighted by atomic mass is 79.9. The molecule has 0 saturated carbocycles. The van der Waals surface area contributed by atoms with E-state index in [9.17, 15) is 14.7 Å². The van der Waals surface area contributed by atoms with Crippen LogP contribution in [0.5, 0.6) is 11.5 Å². The maximum absolute atomic E-state index is 13.0. The first-order valence-corrected chi connectivity index (χ1v) is 9.23. The molecule has 1 aliphatic heterocycles. The molecule has 1 saturated heterocycles. The van der Waals surface area contributed by atoms with Gasteiger partial charge in [-0.25, -0.2) is 0 Å². The van der Waals surface area contributed by atoms with Gasteiger partial charge in [-0.1, -0.05) is 28.1 Å². The van der Waals surface area contributed by atoms with Crippen LogP contribution in [-0.2, 0) is 9.59 Å². The lowest BCUT2D eigenvalue weighted by Gasteiger charge is -2.29. The van der Waals surface area contributed by atoms with Gasteiger partial charge in [0.25, 0.3) is 11.8 Å². The molecule has 1 heterocycles. The molecule has 2 amide bonds. The number of rotatable bonds is 4. The first-order valence-electron chi connectivity index (χ1n) is 8.03. The molecule has 8 heteroatoms. The van der Waals surface area contributed by atoms with Crippen molar-refractivity contribution in [2.45, 2.75) is 6.92 Å². The van der Waals surface area contributed by atoms with Gasteiger partial charge in [-0.2, -0.15) is 0 Å². The molecule has 0 aromatic heterocycles. The fourth-order valence-corrected chi connectivity index (χ4v) is 3.23. The summed E-state index contributed by atoms with van der Waals surface area (Å²) >= 11 is 8.53. The zero-order valence-corrected chi connectivity index (χ0v) is 16.6. The summed E-state index contributed by atoms with van der Waals surface area (Å²) < 4.78 is 6.12. The fourth-order valence-electron chi connectivity index (χ4n) is 2.57. The van der Waals surface area contributed by atoms with Crippen molar-refractivity contribution in [3.05, 3.63) is 58.1 Å². The van der Waals surface area contributed by atoms with Gasteiger partial charge in [-0.3, -0.25) is 19.8 Å². The van der Waals surface area contributed by atoms with Crippen molar-refractivity contribution in [2.75, 3.05) is 11.5 Å². The molecular weight excluding hydrogens is 432 g/mol. The van der Waals surface area contributed by atoms with Crippen LogP contribution in [0.25, 0.3) is 6.08 Å². The van der Waals surface area contributed by atoms with Crippen LogP contribution in [0.1, 0.15) is 12.5 Å². The molecule has 2 aromatic carbocycles. The lowest BCUT2D eigenvalue weighted by Crippen LogP contribution is -2.54. The van der Waals surface area contributed by atoms with E-state index in [0.29, 0.717) is 17.9 Å². The number of thiocarbonyl (C=S) groups is 1. The normalized spacial score (nSPS) is 15.9. The quantitative estimate of drug-likeness (QED) is 0.427. The minimum atomic E-state index is -0.581. The molecule has 2 aromatic rings. The Hall–Kier alpha value is -2.71. The second-order valence-electron chi connectivity index (χ2n) is 5.60. The third-order valence-electron chi connectivity index (χ3n) is 3.76. The molecular formula is C19H15BrN2O4S. The first-order chi connectivity index (χ1) is 12.9. The number of hydrogen-bond acceptors (Lipinski definition) is 5. The van der Waals surface area contributed by atoms with E-state index < -0.39 is 11.8 Å². The average molecular weight is 447 g/mol. The molecule has 0 spiro atoms. The van der Waals surface area contributed by atoms with Crippen molar-refractivity contribution in [1.29, 1.82) is 0 Å². The number of nitrogens with zero attached hydrogens (tertiary/aromatic N) is 1. The van der Waals surface area contributed by atoms with Gasteiger partial charge in [0.15, 0.2) is 16.6 Å². The Balaban J connectivity index is 2.00. The second kappa shape index (κ2) is 7.89. The number of phenolic OH excluding ortho intramolecular Hbond substituents is 1. The van der Waals surface area contributed by atoms with Crippen LogP contribution in [-0.4, -0.2) is 28.6 Å². The summed E-state index contributed by atoms with van der Waals surface area (Å²) in [5, 5.41) is 12.4. The summed E-state index contributed by atoms with van der Waals surface area (Å²) in [6.45, 7) is 2.16. The summed E-state index contributed by atoms with van der Waals surface area (Å²) in [5.74, 6) is -0.861. The third kappa shape index (κ3) is 4.01. The largest absolute Gasteiger partial charge is 0.504 e. The summed E-state index contributed by atoms with van der Waals surface area (Å²) in [6, 6.07) is 11.6. The number of nitrogens with one attached hydrogen (secondary N) is 1. The van der Waals surface area contributed by atoms with Crippen molar-refractivity contribution in [1.82, 2.24) is 5.32 Å². The summed E-state index contributed by atoms with van der Waals surface area (Å²) in [5.41, 5.74) is 1.000. The number of ether oxygens (including phenoxy) is 1. The van der Waals surface area contributed by atoms with Crippen LogP contribution >= 0.6 is 28.1 Å². The summed E-state index contributed by atoms with van der Waals surface area (Å²) in [7, 11) is 0. The SMILES string of the molecule is CCOc1cc(C=C2C(=O)NC(=S)N(c3cccc(Br)c3)C2=O)ccc1O. The third-order valence-corrected chi connectivity index (χ3v) is 4.54. The number of carbonyl (C=O) groups is 2. The van der Waals surface area contributed by atoms with E-state index >= 15 is 0 Å². The molecule has 3 rings (SSSR count). The van der Waals surface area contributed by atoms with Crippen LogP contribution in [0.2, 0.25) is 0 Å². The van der Waals surface area contributed by atoms with E-state index in [0.717, 1.165) is 4.47 Å². The molecule has 1 fully saturated rings. The number of carbonyl (C=O) groups excluding carboxylic acids is 2. The zero-order valence-electron chi connectivity index (χ0n) is 14.2. The lowest BCUT2D eigenvalue weighted by molar-refractivity contribution is -0.122. The Kier molecular flexibility index (Phi) is 5.57. The van der Waals surface area contributed by atoms with Gasteiger partial charge in [0.05, 0.1) is 12.3 Å². The minimum Gasteiger partial charge on any atom is -0.504 e. The minimum absolute atomic E-state index is 0.0148. The number of phenols is 1. The van der Waals surface area contributed by atoms with Crippen molar-refractivity contribution in [2.24, 2.45) is 0 Å². The molecule has 0 unspecified atom stereocenters. The van der Waals surface area contributed by atoms with Gasteiger partial charge in [-0.15, -0.1) is 0 Å². The van der Waals surface area contributed by atoms with E-state index in [1.807, 2.05) is 6.07 Å². The van der Waals surface area contributed by atoms with Crippen molar-refractivity contribution >= 4 is 56.8 Å². The van der Waals surface area contributed by atoms with E-state index in [4.69, 9.17) is 17.0 Å². The van der Waals surface area contributed by atoms with Gasteiger partial charge >= 0.3 is 0 Å². The van der Waals surface area contributed by atoms with Gasteiger partial charge < -0.3 is 9.84 Å². The number of halogens is 1. The highest BCUT2D eigenvalue weighted by Crippen LogP contribution is 2.29. The Morgan fingerprint density at radius 1 is 1.26 bits per heavy atom. The maximum Gasteiger partial charge on any atom is 0.270 e. The van der Waals surface area contributed by atoms with Crippen molar-refractivity contribution in [3.63, 3.8) is 0 Å². The topological polar surface area (TPSA) is 78.9 Å². The number of benzene rings is 2. The number of aromatic hydroxyl groups is 1. The van der Waals surface area contributed by atoms with E-state index in [-0.39, 0.29) is 22.2 Å². The molecule has 0 atom stereocenters. The first kappa shape index (κ1) is 19.1. The predicted octanol–water partition coefficient (Wildman–Crippen LogP) is 3.38. The lowest BCUT2D eigenvalue weighted by atomic mass is 10.1. The van der Waals surface area contributed by atoms with E-state index in [1.165, 1.54) is 17.0 Å². The Morgan fingerprint density at radius 2 is 2.04 bits per heavy atom. The van der Waals surface area contributed by atoms with Gasteiger partial charge in [0.1, 0.15) is 5.57 Å². The number of anilines is 1. The highest BCUT2D eigenvalue weighted by Gasteiger charge is 2.34. The van der Waals surface area contributed by atoms with Gasteiger partial charge in [0, 0.05) is 4.47 Å². The van der Waals surface area contributed by atoms with E-state index in [1.54, 1.807) is 37.3 Å². The maximum atomic E-state index is 13.0. The van der Waals surface area contributed by atoms with Crippen LogP contribution < -0.4 is 15.0 Å². The molecule has 0 bridgehead atoms. The van der Waals surface area contributed by atoms with Gasteiger partial charge in [-0.05, 0) is 61.1 Å². The zero-order chi connectivity index (χ0) is 19.6. The molecule has 138 valence electrons. The molecule has 0 radical (unpaired) electrons. The second-order valence-corrected chi connectivity index (χ2v) is 6.90. The number of amides is 2. The Labute approximate surface area is 169 Å². The molecule has 1 aliphatic rings. The fraction of sp³-hybridized carbons (Fsp3) is 0.105. The standard InChI is InChI=1S/C19H15BrN2O4S/c1-2-26-16-9-11(6-7-15(16)23)8-14-17(24)21-19(27)22(18(14)25)13-5-3-4-12(20)10-13/h3-10,23H,2H2,1H3,(H,21,24,27). The highest BCUT2D eigenvalue weighted by molar-refractivity contribution is 9.10. The average Bonchev–Trinajstić information content (AvgIpc) is 2.61. The molecule has 27 heavy (non-hydrogen) atoms. The van der Waals surface area contributed by atoms with Crippen LogP contribution in [0.3, 0.4) is 0 Å². The molecule has 6 nitrogen and oxygen atoms in total. The van der Waals surface area contributed by atoms with Crippen LogP contribution in [0.4, 0.5) is 5.69 Å². The van der Waals surface area contributed by atoms with Crippen molar-refractivity contribution in [3.8, 4) is 11.5 Å². The van der Waals surface area contributed by atoms with Gasteiger partial charge in [0.2, 0.25) is 0 Å². The predicted molar refractivity (Wildman–Crippen MR) is 110 cm³/mol. The summed E-state index contributed by atoms with van der Waals surface area (Å²) in [4.78, 5) is 26.6. The van der Waals surface area contributed by atoms with Crippen LogP contribution in [0.15, 0.2) is 52.5 Å². The Morgan fingerprint density at radius 3 is 2.74 bits per heavy atom. The van der Waals surface area contributed by atoms with E-state index in [2.05, 4.69) is 21.2 Å². The monoisotopic (exact) mass is 446 g/mol. The molecule has 2 N–H and O–H groups in total. The molecule has 0 aliphatic carbocycles. The summed E-state index contributed by atoms with van der Waals surface area (Å²) in [6.07, 6.45) is 1.44. The smallest absolute Gasteiger partial charge is 0.270 e.